The number of alkyl halides is 1. The number of ether oxygens (including phenoxy) is 2. The molecule has 2 rings (SSSR count). The van der Waals surface area contributed by atoms with Crippen molar-refractivity contribution in [1.29, 1.82) is 0 Å². The second kappa shape index (κ2) is 6.55. The first-order valence-electron chi connectivity index (χ1n) is 6.40. The maximum absolute atomic E-state index is 13.8. The van der Waals surface area contributed by atoms with Gasteiger partial charge < -0.3 is 14.8 Å². The topological polar surface area (TPSA) is 30.5 Å². The van der Waals surface area contributed by atoms with Crippen LogP contribution < -0.4 is 10.1 Å². The van der Waals surface area contributed by atoms with E-state index in [2.05, 4.69) is 5.32 Å². The average Bonchev–Trinajstić information content (AvgIpc) is 2.47. The molecule has 0 amide bonds. The first-order chi connectivity index (χ1) is 9.19. The zero-order valence-electron chi connectivity index (χ0n) is 11.0. The Balaban J connectivity index is 2.01. The van der Waals surface area contributed by atoms with Gasteiger partial charge in [0.25, 0.3) is 0 Å². The minimum atomic E-state index is -0.261. The fourth-order valence-electron chi connectivity index (χ4n) is 2.20. The second-order valence-electron chi connectivity index (χ2n) is 4.84. The lowest BCUT2D eigenvalue weighted by Gasteiger charge is -2.36. The first-order valence-corrected chi connectivity index (χ1v) is 6.94. The van der Waals surface area contributed by atoms with Crippen LogP contribution in [0, 0.1) is 5.82 Å². The third-order valence-corrected chi connectivity index (χ3v) is 4.13. The summed E-state index contributed by atoms with van der Waals surface area (Å²) in [6.45, 7) is 1.86. The lowest BCUT2D eigenvalue weighted by atomic mass is 9.92. The summed E-state index contributed by atoms with van der Waals surface area (Å²) in [4.78, 5) is 0. The van der Waals surface area contributed by atoms with E-state index in [4.69, 9.17) is 21.1 Å². The van der Waals surface area contributed by atoms with Crippen LogP contribution in [0.5, 0.6) is 5.75 Å². The van der Waals surface area contributed by atoms with Gasteiger partial charge in [-0.15, -0.1) is 11.6 Å². The molecule has 0 aliphatic carbocycles. The van der Waals surface area contributed by atoms with E-state index < -0.39 is 0 Å². The molecule has 19 heavy (non-hydrogen) atoms. The Morgan fingerprint density at radius 1 is 1.42 bits per heavy atom. The molecule has 0 saturated carbocycles. The Labute approximate surface area is 118 Å². The van der Waals surface area contributed by atoms with Crippen LogP contribution in [0.2, 0.25) is 0 Å². The first kappa shape index (κ1) is 14.6. The molecule has 0 bridgehead atoms. The molecule has 0 radical (unpaired) electrons. The SMILES string of the molecule is COc1ccc(CNC2(CCl)CCOCC2)c(F)c1. The molecule has 1 heterocycles. The molecule has 0 aromatic heterocycles. The quantitative estimate of drug-likeness (QED) is 0.845. The van der Waals surface area contributed by atoms with Crippen molar-refractivity contribution in [1.82, 2.24) is 5.32 Å². The fraction of sp³-hybridized carbons (Fsp3) is 0.571. The lowest BCUT2D eigenvalue weighted by Crippen LogP contribution is -2.50. The van der Waals surface area contributed by atoms with Gasteiger partial charge in [0.2, 0.25) is 0 Å². The van der Waals surface area contributed by atoms with E-state index in [1.807, 2.05) is 0 Å². The van der Waals surface area contributed by atoms with Crippen LogP contribution in [0.4, 0.5) is 4.39 Å². The zero-order chi connectivity index (χ0) is 13.7. The number of benzene rings is 1. The summed E-state index contributed by atoms with van der Waals surface area (Å²) in [5.74, 6) is 0.775. The molecule has 0 atom stereocenters. The maximum Gasteiger partial charge on any atom is 0.131 e. The molecule has 0 spiro atoms. The second-order valence-corrected chi connectivity index (χ2v) is 5.10. The van der Waals surface area contributed by atoms with E-state index >= 15 is 0 Å². The van der Waals surface area contributed by atoms with Crippen molar-refractivity contribution in [3.8, 4) is 5.75 Å². The van der Waals surface area contributed by atoms with Gasteiger partial charge in [0, 0.05) is 42.8 Å². The Morgan fingerprint density at radius 3 is 2.74 bits per heavy atom. The maximum atomic E-state index is 13.8. The number of hydrogen-bond acceptors (Lipinski definition) is 3. The predicted molar refractivity (Wildman–Crippen MR) is 73.3 cm³/mol. The molecule has 1 aliphatic rings. The molecule has 106 valence electrons. The van der Waals surface area contributed by atoms with Gasteiger partial charge in [-0.2, -0.15) is 0 Å². The van der Waals surface area contributed by atoms with E-state index in [-0.39, 0.29) is 11.4 Å². The van der Waals surface area contributed by atoms with Crippen LogP contribution >= 0.6 is 11.6 Å². The van der Waals surface area contributed by atoms with E-state index in [9.17, 15) is 4.39 Å². The van der Waals surface area contributed by atoms with Gasteiger partial charge in [0.1, 0.15) is 11.6 Å². The van der Waals surface area contributed by atoms with Gasteiger partial charge in [0.05, 0.1) is 7.11 Å². The molecule has 1 aromatic rings. The minimum absolute atomic E-state index is 0.147. The summed E-state index contributed by atoms with van der Waals surface area (Å²) in [5, 5.41) is 3.39. The monoisotopic (exact) mass is 287 g/mol. The molecule has 5 heteroatoms. The minimum Gasteiger partial charge on any atom is -0.497 e. The number of halogens is 2. The molecular weight excluding hydrogens is 269 g/mol. The summed E-state index contributed by atoms with van der Waals surface area (Å²) in [5.41, 5.74) is 0.475. The van der Waals surface area contributed by atoms with Gasteiger partial charge in [-0.05, 0) is 18.9 Å². The van der Waals surface area contributed by atoms with Crippen molar-refractivity contribution >= 4 is 11.6 Å². The molecule has 0 unspecified atom stereocenters. The third kappa shape index (κ3) is 3.59. The Morgan fingerprint density at radius 2 is 2.16 bits per heavy atom. The fourth-order valence-corrected chi connectivity index (χ4v) is 2.56. The number of hydrogen-bond donors (Lipinski definition) is 1. The highest BCUT2D eigenvalue weighted by Crippen LogP contribution is 2.24. The van der Waals surface area contributed by atoms with E-state index in [0.29, 0.717) is 37.0 Å². The zero-order valence-corrected chi connectivity index (χ0v) is 11.8. The third-order valence-electron chi connectivity index (χ3n) is 3.62. The number of methoxy groups -OCH3 is 1. The van der Waals surface area contributed by atoms with Crippen molar-refractivity contribution in [3.05, 3.63) is 29.6 Å². The van der Waals surface area contributed by atoms with Crippen LogP contribution in [0.25, 0.3) is 0 Å². The Bertz CT molecular complexity index is 422. The number of rotatable bonds is 5. The van der Waals surface area contributed by atoms with Gasteiger partial charge in [0.15, 0.2) is 0 Å². The van der Waals surface area contributed by atoms with Gasteiger partial charge >= 0.3 is 0 Å². The largest absolute Gasteiger partial charge is 0.497 e. The highest BCUT2D eigenvalue weighted by Gasteiger charge is 2.31. The summed E-state index contributed by atoms with van der Waals surface area (Å²) < 4.78 is 24.2. The molecular formula is C14H19ClFNO2. The van der Waals surface area contributed by atoms with Gasteiger partial charge in [-0.1, -0.05) is 6.07 Å². The highest BCUT2D eigenvalue weighted by molar-refractivity contribution is 6.18. The van der Waals surface area contributed by atoms with Gasteiger partial charge in [-0.3, -0.25) is 0 Å². The molecule has 1 fully saturated rings. The number of nitrogens with one attached hydrogen (secondary N) is 1. The van der Waals surface area contributed by atoms with Crippen molar-refractivity contribution in [2.75, 3.05) is 26.2 Å². The van der Waals surface area contributed by atoms with Crippen LogP contribution in [0.3, 0.4) is 0 Å². The normalized spacial score (nSPS) is 18.3. The standard InChI is InChI=1S/C14H19ClFNO2/c1-18-12-3-2-11(13(16)8-12)9-17-14(10-15)4-6-19-7-5-14/h2-3,8,17H,4-7,9-10H2,1H3. The van der Waals surface area contributed by atoms with Crippen molar-refractivity contribution in [3.63, 3.8) is 0 Å². The Kier molecular flexibility index (Phi) is 5.02. The summed E-state index contributed by atoms with van der Waals surface area (Å²) in [7, 11) is 1.53. The van der Waals surface area contributed by atoms with Crippen LogP contribution in [-0.2, 0) is 11.3 Å². The average molecular weight is 288 g/mol. The molecule has 1 aliphatic heterocycles. The van der Waals surface area contributed by atoms with E-state index in [0.717, 1.165) is 12.8 Å². The van der Waals surface area contributed by atoms with E-state index in [1.54, 1.807) is 12.1 Å². The summed E-state index contributed by atoms with van der Waals surface area (Å²) in [6.07, 6.45) is 1.71. The lowest BCUT2D eigenvalue weighted by molar-refractivity contribution is 0.0458. The Hall–Kier alpha value is -0.840. The smallest absolute Gasteiger partial charge is 0.131 e. The molecule has 1 N–H and O–H groups in total. The van der Waals surface area contributed by atoms with E-state index in [1.165, 1.54) is 13.2 Å². The highest BCUT2D eigenvalue weighted by atomic mass is 35.5. The molecule has 3 nitrogen and oxygen atoms in total. The summed E-state index contributed by atoms with van der Waals surface area (Å²) >= 11 is 6.06. The van der Waals surface area contributed by atoms with Crippen molar-refractivity contribution in [2.24, 2.45) is 0 Å². The van der Waals surface area contributed by atoms with Crippen LogP contribution in [-0.4, -0.2) is 31.7 Å². The van der Waals surface area contributed by atoms with Crippen LogP contribution in [0.15, 0.2) is 18.2 Å². The molecule has 1 aromatic carbocycles. The van der Waals surface area contributed by atoms with Crippen molar-refractivity contribution in [2.45, 2.75) is 24.9 Å². The van der Waals surface area contributed by atoms with Crippen molar-refractivity contribution < 1.29 is 13.9 Å². The summed E-state index contributed by atoms with van der Waals surface area (Å²) in [6, 6.07) is 4.90. The van der Waals surface area contributed by atoms with Gasteiger partial charge in [-0.25, -0.2) is 4.39 Å². The van der Waals surface area contributed by atoms with Crippen LogP contribution in [0.1, 0.15) is 18.4 Å². The predicted octanol–water partition coefficient (Wildman–Crippen LogP) is 2.71. The molecule has 1 saturated heterocycles.